The summed E-state index contributed by atoms with van der Waals surface area (Å²) in [6.45, 7) is 9.31. The normalized spacial score (nSPS) is 15.2. The molecule has 0 aliphatic rings. The van der Waals surface area contributed by atoms with Crippen molar-refractivity contribution in [2.45, 2.75) is 33.4 Å². The predicted molar refractivity (Wildman–Crippen MR) is 44.0 cm³/mol. The van der Waals surface area contributed by atoms with Crippen LogP contribution >= 0.6 is 0 Å². The molecule has 0 aromatic heterocycles. The zero-order chi connectivity index (χ0) is 9.40. The van der Waals surface area contributed by atoms with Crippen molar-refractivity contribution in [3.63, 3.8) is 0 Å². The highest BCUT2D eigenvalue weighted by Gasteiger charge is 2.08. The Bertz CT molecular complexity index is 116. The largest absolute Gasteiger partial charge is 0.353 e. The second kappa shape index (κ2) is 7.09. The first-order chi connectivity index (χ1) is 5.70. The van der Waals surface area contributed by atoms with Crippen LogP contribution in [0.25, 0.3) is 0 Å². The molecule has 0 heterocycles. The van der Waals surface area contributed by atoms with Crippen LogP contribution in [-0.2, 0) is 19.2 Å². The Morgan fingerprint density at radius 1 is 1.33 bits per heavy atom. The standard InChI is InChI=1S/C8H16O4/c1-5-9-7(3)11-8(4)12-10-6-2/h6-8H,2,5H2,1,3-4H3. The van der Waals surface area contributed by atoms with Crippen molar-refractivity contribution in [3.05, 3.63) is 12.8 Å². The van der Waals surface area contributed by atoms with Crippen molar-refractivity contribution in [3.8, 4) is 0 Å². The average molecular weight is 176 g/mol. The van der Waals surface area contributed by atoms with Crippen molar-refractivity contribution in [1.29, 1.82) is 0 Å². The molecule has 0 aliphatic heterocycles. The Balaban J connectivity index is 3.39. The number of hydrogen-bond acceptors (Lipinski definition) is 4. The van der Waals surface area contributed by atoms with Gasteiger partial charge in [-0.05, 0) is 20.8 Å². The fraction of sp³-hybridized carbons (Fsp3) is 0.750. The molecule has 2 unspecified atom stereocenters. The third-order valence-corrected chi connectivity index (χ3v) is 1.04. The van der Waals surface area contributed by atoms with Gasteiger partial charge < -0.3 is 14.4 Å². The topological polar surface area (TPSA) is 36.9 Å². The van der Waals surface area contributed by atoms with E-state index in [0.29, 0.717) is 6.61 Å². The van der Waals surface area contributed by atoms with Crippen molar-refractivity contribution >= 4 is 0 Å². The van der Waals surface area contributed by atoms with Crippen LogP contribution in [0.4, 0.5) is 0 Å². The first-order valence-electron chi connectivity index (χ1n) is 3.90. The molecule has 4 nitrogen and oxygen atoms in total. The van der Waals surface area contributed by atoms with E-state index in [2.05, 4.69) is 16.4 Å². The third-order valence-electron chi connectivity index (χ3n) is 1.04. The highest BCUT2D eigenvalue weighted by atomic mass is 17.2. The zero-order valence-corrected chi connectivity index (χ0v) is 7.78. The van der Waals surface area contributed by atoms with E-state index in [4.69, 9.17) is 9.47 Å². The number of ether oxygens (including phenoxy) is 2. The summed E-state index contributed by atoms with van der Waals surface area (Å²) < 4.78 is 10.3. The van der Waals surface area contributed by atoms with Crippen LogP contribution in [0.5, 0.6) is 0 Å². The van der Waals surface area contributed by atoms with Gasteiger partial charge in [0.25, 0.3) is 0 Å². The van der Waals surface area contributed by atoms with Crippen LogP contribution in [0.15, 0.2) is 12.8 Å². The summed E-state index contributed by atoms with van der Waals surface area (Å²) in [7, 11) is 0. The molecule has 0 aliphatic carbocycles. The molecule has 0 aromatic rings. The van der Waals surface area contributed by atoms with Crippen LogP contribution in [0.3, 0.4) is 0 Å². The van der Waals surface area contributed by atoms with Crippen molar-refractivity contribution < 1.29 is 19.2 Å². The minimum Gasteiger partial charge on any atom is -0.353 e. The van der Waals surface area contributed by atoms with Gasteiger partial charge in [0.1, 0.15) is 6.26 Å². The number of hydrogen-bond donors (Lipinski definition) is 0. The summed E-state index contributed by atoms with van der Waals surface area (Å²) in [5, 5.41) is 0. The van der Waals surface area contributed by atoms with Gasteiger partial charge in [0.05, 0.1) is 0 Å². The summed E-state index contributed by atoms with van der Waals surface area (Å²) in [6, 6.07) is 0. The zero-order valence-electron chi connectivity index (χ0n) is 7.78. The van der Waals surface area contributed by atoms with Crippen LogP contribution in [0.1, 0.15) is 20.8 Å². The quantitative estimate of drug-likeness (QED) is 0.256. The van der Waals surface area contributed by atoms with Crippen molar-refractivity contribution in [1.82, 2.24) is 0 Å². The smallest absolute Gasteiger partial charge is 0.202 e. The second-order valence-electron chi connectivity index (χ2n) is 2.09. The summed E-state index contributed by atoms with van der Waals surface area (Å²) in [5.74, 6) is 0. The molecule has 0 amide bonds. The van der Waals surface area contributed by atoms with Gasteiger partial charge in [-0.3, -0.25) is 0 Å². The van der Waals surface area contributed by atoms with Crippen LogP contribution in [0.2, 0.25) is 0 Å². The van der Waals surface area contributed by atoms with Crippen molar-refractivity contribution in [2.75, 3.05) is 6.61 Å². The van der Waals surface area contributed by atoms with E-state index in [1.807, 2.05) is 6.92 Å². The molecule has 0 aromatic carbocycles. The van der Waals surface area contributed by atoms with E-state index in [9.17, 15) is 0 Å². The summed E-state index contributed by atoms with van der Waals surface area (Å²) in [4.78, 5) is 9.15. The minimum atomic E-state index is -0.468. The Labute approximate surface area is 73.0 Å². The predicted octanol–water partition coefficient (Wildman–Crippen LogP) is 1.82. The first-order valence-corrected chi connectivity index (χ1v) is 3.90. The molecule has 0 fully saturated rings. The van der Waals surface area contributed by atoms with Gasteiger partial charge in [0.15, 0.2) is 6.29 Å². The Kier molecular flexibility index (Phi) is 6.75. The summed E-state index contributed by atoms with van der Waals surface area (Å²) >= 11 is 0. The first kappa shape index (κ1) is 11.4. The average Bonchev–Trinajstić information content (AvgIpc) is 2.01. The monoisotopic (exact) mass is 176 g/mol. The molecule has 4 heteroatoms. The molecular weight excluding hydrogens is 160 g/mol. The van der Waals surface area contributed by atoms with E-state index in [-0.39, 0.29) is 6.29 Å². The molecule has 0 rings (SSSR count). The Morgan fingerprint density at radius 2 is 2.00 bits per heavy atom. The lowest BCUT2D eigenvalue weighted by molar-refractivity contribution is -0.366. The molecule has 0 saturated heterocycles. The second-order valence-corrected chi connectivity index (χ2v) is 2.09. The van der Waals surface area contributed by atoms with Crippen molar-refractivity contribution in [2.24, 2.45) is 0 Å². The molecular formula is C8H16O4. The fourth-order valence-electron chi connectivity index (χ4n) is 0.684. The third kappa shape index (κ3) is 6.15. The maximum atomic E-state index is 5.18. The molecule has 72 valence electrons. The van der Waals surface area contributed by atoms with E-state index in [1.165, 1.54) is 6.26 Å². The van der Waals surface area contributed by atoms with E-state index in [0.717, 1.165) is 0 Å². The van der Waals surface area contributed by atoms with E-state index < -0.39 is 6.29 Å². The molecule has 0 saturated carbocycles. The van der Waals surface area contributed by atoms with Gasteiger partial charge in [-0.25, -0.2) is 0 Å². The van der Waals surface area contributed by atoms with Crippen LogP contribution in [0, 0.1) is 0 Å². The Hall–Kier alpha value is -0.580. The van der Waals surface area contributed by atoms with Gasteiger partial charge in [0, 0.05) is 6.61 Å². The van der Waals surface area contributed by atoms with Gasteiger partial charge in [-0.1, -0.05) is 6.58 Å². The van der Waals surface area contributed by atoms with Crippen LogP contribution in [-0.4, -0.2) is 19.2 Å². The minimum absolute atomic E-state index is 0.293. The fourth-order valence-corrected chi connectivity index (χ4v) is 0.684. The molecule has 0 N–H and O–H groups in total. The van der Waals surface area contributed by atoms with Gasteiger partial charge in [-0.2, -0.15) is 4.89 Å². The maximum absolute atomic E-state index is 5.18. The molecule has 12 heavy (non-hydrogen) atoms. The van der Waals surface area contributed by atoms with Crippen LogP contribution < -0.4 is 0 Å². The Morgan fingerprint density at radius 3 is 2.50 bits per heavy atom. The summed E-state index contributed by atoms with van der Waals surface area (Å²) in [5.41, 5.74) is 0. The van der Waals surface area contributed by atoms with Gasteiger partial charge >= 0.3 is 0 Å². The lowest BCUT2D eigenvalue weighted by Crippen LogP contribution is -2.21. The molecule has 2 atom stereocenters. The molecule has 0 bridgehead atoms. The lowest BCUT2D eigenvalue weighted by Gasteiger charge is -2.17. The molecule has 0 radical (unpaired) electrons. The lowest BCUT2D eigenvalue weighted by atomic mass is 10.7. The highest BCUT2D eigenvalue weighted by Crippen LogP contribution is 2.01. The summed E-state index contributed by atoms with van der Waals surface area (Å²) in [6.07, 6.45) is 0.425. The van der Waals surface area contributed by atoms with Gasteiger partial charge in [0.2, 0.25) is 6.29 Å². The maximum Gasteiger partial charge on any atom is 0.202 e. The number of rotatable bonds is 7. The highest BCUT2D eigenvalue weighted by molar-refractivity contribution is 4.42. The SMILES string of the molecule is C=COOC(C)OC(C)OCC. The molecule has 0 spiro atoms. The van der Waals surface area contributed by atoms with Gasteiger partial charge in [-0.15, -0.1) is 0 Å². The van der Waals surface area contributed by atoms with E-state index >= 15 is 0 Å². The van der Waals surface area contributed by atoms with E-state index in [1.54, 1.807) is 13.8 Å².